The summed E-state index contributed by atoms with van der Waals surface area (Å²) < 4.78 is 0. The summed E-state index contributed by atoms with van der Waals surface area (Å²) >= 11 is 0. The van der Waals surface area contributed by atoms with Gasteiger partial charge in [-0.1, -0.05) is 202 Å². The van der Waals surface area contributed by atoms with Crippen LogP contribution in [0.2, 0.25) is 66.5 Å². The van der Waals surface area contributed by atoms with E-state index in [0.717, 1.165) is 22.3 Å². The molecule has 0 spiro atoms. The first-order valence-electron chi connectivity index (χ1n) is 26.2. The normalized spacial score (nSPS) is 13.1. The predicted octanol–water partition coefficient (Wildman–Crippen LogP) is 19.4. The van der Waals surface area contributed by atoms with Gasteiger partial charge < -0.3 is 0 Å². The molecule has 0 N–H and O–H groups in total. The Morgan fingerprint density at radius 2 is 0.439 bits per heavy atom. The third kappa shape index (κ3) is 10.1. The fraction of sp³-hybridized carbons (Fsp3) is 0.581. The van der Waals surface area contributed by atoms with Crippen molar-refractivity contribution in [3.63, 3.8) is 0 Å². The van der Waals surface area contributed by atoms with Crippen LogP contribution in [0, 0.1) is 45.9 Å². The Kier molecular flexibility index (Phi) is 18.1. The number of rotatable bonds is 12. The zero-order valence-electron chi connectivity index (χ0n) is 46.5. The quantitative estimate of drug-likeness (QED) is 0.0754. The van der Waals surface area contributed by atoms with Gasteiger partial charge in [0.25, 0.3) is 0 Å². The van der Waals surface area contributed by atoms with Crippen molar-refractivity contribution >= 4 is 64.6 Å². The van der Waals surface area contributed by atoms with E-state index in [2.05, 4.69) is 261 Å². The molecule has 0 saturated heterocycles. The van der Waals surface area contributed by atoms with E-state index in [1.807, 2.05) is 0 Å². The highest BCUT2D eigenvalue weighted by Gasteiger charge is 2.44. The van der Waals surface area contributed by atoms with Gasteiger partial charge in [-0.2, -0.15) is 0 Å². The summed E-state index contributed by atoms with van der Waals surface area (Å²) in [6, 6.07) is 18.9. The summed E-state index contributed by atoms with van der Waals surface area (Å²) in [6.45, 7) is 57.9. The van der Waals surface area contributed by atoms with Crippen LogP contribution in [-0.2, 0) is 0 Å². The molecule has 66 heavy (non-hydrogen) atoms. The number of hydrogen-bond acceptors (Lipinski definition) is 0. The molecule has 0 aliphatic rings. The zero-order chi connectivity index (χ0) is 50.0. The van der Waals surface area contributed by atoms with Crippen molar-refractivity contribution in [2.24, 2.45) is 0 Å². The molecule has 4 rings (SSSR count). The van der Waals surface area contributed by atoms with Gasteiger partial charge in [-0.3, -0.25) is 0 Å². The lowest BCUT2D eigenvalue weighted by Crippen LogP contribution is -2.43. The molecule has 4 aromatic rings. The third-order valence-corrected chi connectivity index (χ3v) is 42.4. The Morgan fingerprint density at radius 3 is 0.652 bits per heavy atom. The van der Waals surface area contributed by atoms with Gasteiger partial charge in [0, 0.05) is 22.3 Å². The summed E-state index contributed by atoms with van der Waals surface area (Å²) in [5, 5.41) is 7.36. The van der Waals surface area contributed by atoms with Crippen molar-refractivity contribution in [2.75, 3.05) is 0 Å². The summed E-state index contributed by atoms with van der Waals surface area (Å²) in [7, 11) is -8.00. The molecule has 0 fully saturated rings. The lowest BCUT2D eigenvalue weighted by atomic mass is 9.90. The van der Waals surface area contributed by atoms with Crippen LogP contribution in [0.3, 0.4) is 0 Å². The van der Waals surface area contributed by atoms with Crippen molar-refractivity contribution in [1.82, 2.24) is 0 Å². The number of fused-ring (bicyclic) bond motifs is 5. The average molecular weight is 950 g/mol. The van der Waals surface area contributed by atoms with E-state index in [4.69, 9.17) is 0 Å². The molecule has 0 aliphatic heterocycles. The van der Waals surface area contributed by atoms with Crippen LogP contribution in [0.4, 0.5) is 0 Å². The molecule has 0 heterocycles. The molecule has 0 radical (unpaired) electrons. The molecule has 0 unspecified atom stereocenters. The summed E-state index contributed by atoms with van der Waals surface area (Å²) in [5.74, 6) is 15.7. The zero-order valence-corrected chi connectivity index (χ0v) is 50.5. The maximum Gasteiger partial charge on any atom is 0.146 e. The molecule has 0 aliphatic carbocycles. The molecule has 0 amide bonds. The highest BCUT2D eigenvalue weighted by atomic mass is 28.3. The van der Waals surface area contributed by atoms with E-state index in [1.54, 1.807) is 0 Å². The van der Waals surface area contributed by atoms with Crippen LogP contribution >= 0.6 is 0 Å². The minimum absolute atomic E-state index is 0.547. The van der Waals surface area contributed by atoms with E-state index in [0.29, 0.717) is 66.5 Å². The summed E-state index contributed by atoms with van der Waals surface area (Å²) in [6.07, 6.45) is 0. The molecule has 4 heteroatoms. The Bertz CT molecular complexity index is 2350. The van der Waals surface area contributed by atoms with Crippen LogP contribution < -0.4 is 0 Å². The topological polar surface area (TPSA) is 0 Å². The van der Waals surface area contributed by atoms with Crippen molar-refractivity contribution in [1.29, 1.82) is 0 Å². The number of hydrogen-bond donors (Lipinski definition) is 0. The van der Waals surface area contributed by atoms with Gasteiger partial charge in [0.15, 0.2) is 0 Å². The van der Waals surface area contributed by atoms with Crippen LogP contribution in [-0.4, -0.2) is 32.3 Å². The van der Waals surface area contributed by atoms with Crippen molar-refractivity contribution in [3.05, 3.63) is 70.8 Å². The van der Waals surface area contributed by atoms with Gasteiger partial charge in [0.05, 0.1) is 0 Å². The molecule has 0 atom stereocenters. The molecule has 0 saturated carbocycles. The van der Waals surface area contributed by atoms with Crippen LogP contribution in [0.15, 0.2) is 48.5 Å². The minimum Gasteiger partial charge on any atom is -0.125 e. The standard InChI is InChI=1S/C62H92Si4/c1-41(2)63(42(3)4,43(5)6)33-29-53-25-27-57-55(31-35-65(47(13)14,48(15)16)49(17)18)40-62-60-38-54(30-34-64(44(7)8,45(9)10)46(11)12)26-28-58(60)56(39-61(62)59(57)37-53)32-36-66(50(19)20,51(21)22)52(23)24/h25-28,37-52H,1-24H3. The Balaban J connectivity index is 2.37. The molecular formula is C62H92Si4. The molecule has 4 aromatic carbocycles. The Labute approximate surface area is 411 Å². The highest BCUT2D eigenvalue weighted by Crippen LogP contribution is 2.45. The van der Waals surface area contributed by atoms with E-state index in [-0.39, 0.29) is 0 Å². The van der Waals surface area contributed by atoms with Gasteiger partial charge >= 0.3 is 0 Å². The average Bonchev–Trinajstić information content (AvgIpc) is 3.20. The van der Waals surface area contributed by atoms with E-state index < -0.39 is 32.3 Å². The number of benzene rings is 4. The lowest BCUT2D eigenvalue weighted by Gasteiger charge is -2.38. The van der Waals surface area contributed by atoms with Crippen molar-refractivity contribution in [3.8, 4) is 45.9 Å². The third-order valence-electron chi connectivity index (χ3n) is 17.2. The first-order chi connectivity index (χ1) is 30.6. The van der Waals surface area contributed by atoms with Gasteiger partial charge in [-0.15, -0.1) is 22.2 Å². The van der Waals surface area contributed by atoms with Crippen LogP contribution in [0.25, 0.3) is 32.3 Å². The summed E-state index contributed by atoms with van der Waals surface area (Å²) in [4.78, 5) is 0. The maximum absolute atomic E-state index is 4.14. The fourth-order valence-electron chi connectivity index (χ4n) is 13.9. The second-order valence-corrected chi connectivity index (χ2v) is 46.4. The maximum atomic E-state index is 4.14. The highest BCUT2D eigenvalue weighted by molar-refractivity contribution is 6.92. The first-order valence-corrected chi connectivity index (χ1v) is 35.1. The second kappa shape index (κ2) is 21.6. The molecule has 0 aromatic heterocycles. The molecule has 0 nitrogen and oxygen atoms in total. The van der Waals surface area contributed by atoms with Crippen molar-refractivity contribution < 1.29 is 0 Å². The molecule has 356 valence electrons. The predicted molar refractivity (Wildman–Crippen MR) is 311 cm³/mol. The molecular weight excluding hydrogens is 857 g/mol. The van der Waals surface area contributed by atoms with Crippen LogP contribution in [0.1, 0.15) is 188 Å². The first kappa shape index (κ1) is 55.4. The Hall–Kier alpha value is -3.23. The second-order valence-electron chi connectivity index (χ2n) is 24.1. The smallest absolute Gasteiger partial charge is 0.125 e. The lowest BCUT2D eigenvalue weighted by molar-refractivity contribution is 0.838. The largest absolute Gasteiger partial charge is 0.146 e. The Morgan fingerprint density at radius 1 is 0.242 bits per heavy atom. The fourth-order valence-corrected chi connectivity index (χ4v) is 34.7. The van der Waals surface area contributed by atoms with E-state index in [1.165, 1.54) is 32.3 Å². The van der Waals surface area contributed by atoms with E-state index in [9.17, 15) is 0 Å². The minimum atomic E-state index is -2.04. The van der Waals surface area contributed by atoms with Gasteiger partial charge in [-0.25, -0.2) is 0 Å². The summed E-state index contributed by atoms with van der Waals surface area (Å²) in [5.41, 5.74) is 27.5. The van der Waals surface area contributed by atoms with Crippen LogP contribution in [0.5, 0.6) is 0 Å². The molecule has 0 bridgehead atoms. The van der Waals surface area contributed by atoms with Gasteiger partial charge in [0.2, 0.25) is 0 Å². The van der Waals surface area contributed by atoms with Gasteiger partial charge in [-0.05, 0) is 135 Å². The van der Waals surface area contributed by atoms with Crippen molar-refractivity contribution in [2.45, 2.75) is 233 Å². The SMILES string of the molecule is CC(C)[Si](C#Cc1ccc2c(C#C[Si](C(C)C)(C(C)C)C(C)C)cc3c4cc(C#C[Si](C(C)C)(C(C)C)C(C)C)ccc4c(C#C[Si](C(C)C)(C(C)C)C(C)C)cc3c2c1)(C(C)C)C(C)C. The van der Waals surface area contributed by atoms with Gasteiger partial charge in [0.1, 0.15) is 32.3 Å². The monoisotopic (exact) mass is 949 g/mol. The van der Waals surface area contributed by atoms with E-state index >= 15 is 0 Å².